The number of H-pyrrole nitrogens is 1. The Morgan fingerprint density at radius 3 is 2.47 bits per heavy atom. The first kappa shape index (κ1) is 19.7. The summed E-state index contributed by atoms with van der Waals surface area (Å²) >= 11 is 5.98. The highest BCUT2D eigenvalue weighted by Crippen LogP contribution is 2.30. The van der Waals surface area contributed by atoms with Gasteiger partial charge in [-0.05, 0) is 53.9 Å². The minimum atomic E-state index is -0.260. The third kappa shape index (κ3) is 3.93. The Labute approximate surface area is 178 Å². The quantitative estimate of drug-likeness (QED) is 0.494. The van der Waals surface area contributed by atoms with Crippen LogP contribution in [0.3, 0.4) is 0 Å². The molecule has 0 saturated heterocycles. The van der Waals surface area contributed by atoms with Gasteiger partial charge in [-0.2, -0.15) is 0 Å². The van der Waals surface area contributed by atoms with Gasteiger partial charge in [0.25, 0.3) is 11.5 Å². The minimum Gasteiger partial charge on any atom is -0.495 e. The topological polar surface area (TPSA) is 62.4 Å². The predicted molar refractivity (Wildman–Crippen MR) is 120 cm³/mol. The molecule has 0 bridgehead atoms. The lowest BCUT2D eigenvalue weighted by molar-refractivity contribution is 0.0984. The highest BCUT2D eigenvalue weighted by molar-refractivity contribution is 6.30. The van der Waals surface area contributed by atoms with Crippen LogP contribution in [0.1, 0.15) is 15.9 Å². The van der Waals surface area contributed by atoms with Gasteiger partial charge in [0.05, 0.1) is 19.3 Å². The molecule has 1 N–H and O–H groups in total. The number of anilines is 1. The minimum absolute atomic E-state index is 0.0853. The summed E-state index contributed by atoms with van der Waals surface area (Å²) in [6.07, 6.45) is 0. The molecule has 1 aromatic heterocycles. The Morgan fingerprint density at radius 2 is 1.70 bits per heavy atom. The molecule has 6 heteroatoms. The first-order valence-electron chi connectivity index (χ1n) is 9.38. The SMILES string of the molecule is COc1ccccc1N(Cc1cc2ccccc2[nH]c1=O)C(=O)c1ccc(Cl)cc1. The highest BCUT2D eigenvalue weighted by atomic mass is 35.5. The number of nitrogens with zero attached hydrogens (tertiary/aromatic N) is 1. The molecular weight excluding hydrogens is 400 g/mol. The van der Waals surface area contributed by atoms with Gasteiger partial charge >= 0.3 is 0 Å². The number of hydrogen-bond acceptors (Lipinski definition) is 3. The van der Waals surface area contributed by atoms with Crippen molar-refractivity contribution in [2.75, 3.05) is 12.0 Å². The summed E-state index contributed by atoms with van der Waals surface area (Å²) in [7, 11) is 1.55. The zero-order valence-corrected chi connectivity index (χ0v) is 17.0. The number of amides is 1. The summed E-state index contributed by atoms with van der Waals surface area (Å²) in [6.45, 7) is 0.0853. The van der Waals surface area contributed by atoms with Gasteiger partial charge in [-0.1, -0.05) is 41.9 Å². The molecule has 0 spiro atoms. The molecule has 1 amide bonds. The first-order chi connectivity index (χ1) is 14.6. The van der Waals surface area contributed by atoms with Gasteiger partial charge in [0.2, 0.25) is 0 Å². The van der Waals surface area contributed by atoms with Crippen LogP contribution in [-0.4, -0.2) is 18.0 Å². The van der Waals surface area contributed by atoms with Crippen LogP contribution < -0.4 is 15.2 Å². The second kappa shape index (κ2) is 8.43. The van der Waals surface area contributed by atoms with Crippen molar-refractivity contribution >= 4 is 34.1 Å². The molecule has 30 heavy (non-hydrogen) atoms. The number of aromatic nitrogens is 1. The molecule has 0 aliphatic carbocycles. The molecule has 5 nitrogen and oxygen atoms in total. The lowest BCUT2D eigenvalue weighted by Gasteiger charge is -2.25. The third-order valence-corrected chi connectivity index (χ3v) is 5.12. The Morgan fingerprint density at radius 1 is 1.00 bits per heavy atom. The highest BCUT2D eigenvalue weighted by Gasteiger charge is 2.22. The van der Waals surface area contributed by atoms with Gasteiger partial charge in [-0.15, -0.1) is 0 Å². The second-order valence-corrected chi connectivity index (χ2v) is 7.22. The number of fused-ring (bicyclic) bond motifs is 1. The number of ether oxygens (including phenoxy) is 1. The molecule has 0 radical (unpaired) electrons. The van der Waals surface area contributed by atoms with Crippen molar-refractivity contribution in [3.05, 3.63) is 105 Å². The van der Waals surface area contributed by atoms with E-state index in [1.807, 2.05) is 42.5 Å². The van der Waals surface area contributed by atoms with Gasteiger partial charge in [-0.3, -0.25) is 9.59 Å². The Balaban J connectivity index is 1.81. The van der Waals surface area contributed by atoms with E-state index in [4.69, 9.17) is 16.3 Å². The normalized spacial score (nSPS) is 10.7. The fourth-order valence-electron chi connectivity index (χ4n) is 3.35. The number of hydrogen-bond donors (Lipinski definition) is 1. The summed E-state index contributed by atoms with van der Waals surface area (Å²) in [4.78, 5) is 30.6. The maximum absolute atomic E-state index is 13.4. The van der Waals surface area contributed by atoms with Crippen molar-refractivity contribution in [3.63, 3.8) is 0 Å². The Kier molecular flexibility index (Phi) is 5.55. The van der Waals surface area contributed by atoms with Crippen molar-refractivity contribution < 1.29 is 9.53 Å². The number of benzene rings is 3. The summed E-state index contributed by atoms with van der Waals surface area (Å²) < 4.78 is 5.47. The fourth-order valence-corrected chi connectivity index (χ4v) is 3.47. The van der Waals surface area contributed by atoms with E-state index < -0.39 is 0 Å². The van der Waals surface area contributed by atoms with Gasteiger partial charge in [0.15, 0.2) is 0 Å². The van der Waals surface area contributed by atoms with E-state index in [9.17, 15) is 9.59 Å². The van der Waals surface area contributed by atoms with Crippen LogP contribution in [0, 0.1) is 0 Å². The van der Waals surface area contributed by atoms with E-state index in [0.717, 1.165) is 10.9 Å². The summed E-state index contributed by atoms with van der Waals surface area (Å²) in [5.41, 5.74) is 2.02. The monoisotopic (exact) mass is 418 g/mol. The number of halogens is 1. The molecule has 1 heterocycles. The van der Waals surface area contributed by atoms with E-state index in [1.54, 1.807) is 48.4 Å². The number of carbonyl (C=O) groups excluding carboxylic acids is 1. The molecule has 150 valence electrons. The molecular formula is C24H19ClN2O3. The van der Waals surface area contributed by atoms with E-state index in [2.05, 4.69) is 4.98 Å². The van der Waals surface area contributed by atoms with Crippen molar-refractivity contribution in [2.24, 2.45) is 0 Å². The van der Waals surface area contributed by atoms with Crippen molar-refractivity contribution in [1.29, 1.82) is 0 Å². The zero-order valence-electron chi connectivity index (χ0n) is 16.3. The molecule has 0 fully saturated rings. The lowest BCUT2D eigenvalue weighted by atomic mass is 10.1. The molecule has 4 aromatic rings. The maximum atomic E-state index is 13.4. The van der Waals surface area contributed by atoms with Crippen LogP contribution in [0.25, 0.3) is 10.9 Å². The number of carbonyl (C=O) groups is 1. The van der Waals surface area contributed by atoms with Crippen molar-refractivity contribution in [2.45, 2.75) is 6.54 Å². The lowest BCUT2D eigenvalue weighted by Crippen LogP contribution is -2.33. The number of pyridine rings is 1. The molecule has 0 saturated carbocycles. The number of rotatable bonds is 5. The van der Waals surface area contributed by atoms with Gasteiger partial charge in [0.1, 0.15) is 5.75 Å². The summed E-state index contributed by atoms with van der Waals surface area (Å²) in [6, 6.07) is 23.2. The standard InChI is InChI=1S/C24H19ClN2O3/c1-30-22-9-5-4-8-21(22)27(24(29)16-10-12-19(25)13-11-16)15-18-14-17-6-2-3-7-20(17)26-23(18)28/h2-14H,15H2,1H3,(H,26,28). The van der Waals surface area contributed by atoms with Gasteiger partial charge in [-0.25, -0.2) is 0 Å². The molecule has 0 aliphatic heterocycles. The average Bonchev–Trinajstić information content (AvgIpc) is 2.77. The van der Waals surface area contributed by atoms with Crippen molar-refractivity contribution in [1.82, 2.24) is 4.98 Å². The Bertz CT molecular complexity index is 1270. The summed E-state index contributed by atoms with van der Waals surface area (Å²) in [5.74, 6) is 0.278. The van der Waals surface area contributed by atoms with E-state index >= 15 is 0 Å². The third-order valence-electron chi connectivity index (χ3n) is 4.87. The average molecular weight is 419 g/mol. The molecule has 0 aliphatic rings. The van der Waals surface area contributed by atoms with Crippen LogP contribution in [0.4, 0.5) is 5.69 Å². The molecule has 3 aromatic carbocycles. The van der Waals surface area contributed by atoms with E-state index in [1.165, 1.54) is 0 Å². The fraction of sp³-hybridized carbons (Fsp3) is 0.0833. The zero-order chi connectivity index (χ0) is 21.1. The first-order valence-corrected chi connectivity index (χ1v) is 9.76. The van der Waals surface area contributed by atoms with Crippen LogP contribution >= 0.6 is 11.6 Å². The predicted octanol–water partition coefficient (Wildman–Crippen LogP) is 5.04. The van der Waals surface area contributed by atoms with Gasteiger partial charge in [0, 0.05) is 21.7 Å². The van der Waals surface area contributed by atoms with E-state index in [-0.39, 0.29) is 18.0 Å². The second-order valence-electron chi connectivity index (χ2n) is 6.78. The number of para-hydroxylation sites is 3. The Hall–Kier alpha value is -3.57. The molecule has 0 unspecified atom stereocenters. The van der Waals surface area contributed by atoms with Crippen LogP contribution in [0.5, 0.6) is 5.75 Å². The molecule has 0 atom stereocenters. The van der Waals surface area contributed by atoms with Crippen molar-refractivity contribution in [3.8, 4) is 5.75 Å². The largest absolute Gasteiger partial charge is 0.495 e. The van der Waals surface area contributed by atoms with Gasteiger partial charge < -0.3 is 14.6 Å². The van der Waals surface area contributed by atoms with Crippen LogP contribution in [0.15, 0.2) is 83.7 Å². The number of nitrogens with one attached hydrogen (secondary N) is 1. The van der Waals surface area contributed by atoms with Crippen LogP contribution in [-0.2, 0) is 6.54 Å². The van der Waals surface area contributed by atoms with E-state index in [0.29, 0.717) is 27.6 Å². The maximum Gasteiger partial charge on any atom is 0.258 e. The summed E-state index contributed by atoms with van der Waals surface area (Å²) in [5, 5.41) is 1.44. The van der Waals surface area contributed by atoms with Crippen LogP contribution in [0.2, 0.25) is 5.02 Å². The number of aromatic amines is 1. The smallest absolute Gasteiger partial charge is 0.258 e. The molecule has 4 rings (SSSR count). The number of methoxy groups -OCH3 is 1.